The Labute approximate surface area is 209 Å². The number of aliphatic hydroxyl groups is 1. The van der Waals surface area contributed by atoms with Crippen LogP contribution in [-0.2, 0) is 16.1 Å². The summed E-state index contributed by atoms with van der Waals surface area (Å²) < 4.78 is 5.84. The van der Waals surface area contributed by atoms with Gasteiger partial charge < -0.3 is 14.7 Å². The number of benzene rings is 2. The van der Waals surface area contributed by atoms with Gasteiger partial charge in [-0.15, -0.1) is 0 Å². The maximum Gasteiger partial charge on any atom is 0.295 e. The zero-order chi connectivity index (χ0) is 25.1. The van der Waals surface area contributed by atoms with E-state index in [0.717, 1.165) is 11.1 Å². The fourth-order valence-electron chi connectivity index (χ4n) is 4.09. The molecule has 2 heterocycles. The summed E-state index contributed by atoms with van der Waals surface area (Å²) in [6.45, 7) is 6.75. The van der Waals surface area contributed by atoms with Gasteiger partial charge in [0.15, 0.2) is 0 Å². The molecule has 0 spiro atoms. The summed E-state index contributed by atoms with van der Waals surface area (Å²) in [6, 6.07) is 15.0. The molecule has 0 aliphatic carbocycles. The summed E-state index contributed by atoms with van der Waals surface area (Å²) in [5.41, 5.74) is 2.75. The average molecular weight is 491 g/mol. The lowest BCUT2D eigenvalue weighted by molar-refractivity contribution is -0.140. The number of carbonyl (C=O) groups excluding carboxylic acids is 2. The van der Waals surface area contributed by atoms with E-state index in [1.165, 1.54) is 4.90 Å². The fraction of sp³-hybridized carbons (Fsp3) is 0.250. The molecule has 3 aromatic rings. The molecule has 4 rings (SSSR count). The summed E-state index contributed by atoms with van der Waals surface area (Å²) in [6.07, 6.45) is 3.29. The number of amides is 1. The molecule has 1 fully saturated rings. The normalized spacial score (nSPS) is 17.3. The van der Waals surface area contributed by atoms with Crippen LogP contribution in [0.15, 0.2) is 72.6 Å². The van der Waals surface area contributed by atoms with Crippen LogP contribution in [-0.4, -0.2) is 33.3 Å². The minimum absolute atomic E-state index is 0.0384. The molecule has 0 radical (unpaired) electrons. The monoisotopic (exact) mass is 490 g/mol. The Bertz CT molecular complexity index is 1270. The Morgan fingerprint density at radius 1 is 1.14 bits per heavy atom. The number of nitrogens with zero attached hydrogens (tertiary/aromatic N) is 2. The van der Waals surface area contributed by atoms with E-state index in [1.54, 1.807) is 60.9 Å². The van der Waals surface area contributed by atoms with Crippen molar-refractivity contribution in [3.05, 3.63) is 99.8 Å². The van der Waals surface area contributed by atoms with Crippen molar-refractivity contribution >= 4 is 29.1 Å². The van der Waals surface area contributed by atoms with Gasteiger partial charge in [0.2, 0.25) is 0 Å². The van der Waals surface area contributed by atoms with E-state index >= 15 is 0 Å². The number of carbonyl (C=O) groups is 2. The first kappa shape index (κ1) is 24.5. The van der Waals surface area contributed by atoms with Crippen LogP contribution in [0, 0.1) is 12.8 Å². The number of likely N-dealkylation sites (tertiary alicyclic amines) is 1. The van der Waals surface area contributed by atoms with E-state index in [2.05, 4.69) is 18.8 Å². The van der Waals surface area contributed by atoms with Crippen LogP contribution in [0.2, 0.25) is 5.02 Å². The van der Waals surface area contributed by atoms with Crippen LogP contribution in [0.4, 0.5) is 0 Å². The summed E-state index contributed by atoms with van der Waals surface area (Å²) in [5, 5.41) is 11.8. The van der Waals surface area contributed by atoms with Crippen molar-refractivity contribution in [3.8, 4) is 5.75 Å². The van der Waals surface area contributed by atoms with Crippen LogP contribution < -0.4 is 4.74 Å². The van der Waals surface area contributed by atoms with Gasteiger partial charge in [-0.1, -0.05) is 43.6 Å². The van der Waals surface area contributed by atoms with Gasteiger partial charge in [0.05, 0.1) is 18.2 Å². The number of hydrogen-bond acceptors (Lipinski definition) is 5. The molecule has 1 saturated heterocycles. The first-order chi connectivity index (χ1) is 16.8. The van der Waals surface area contributed by atoms with E-state index in [-0.39, 0.29) is 17.9 Å². The molecule has 180 valence electrons. The standard InChI is InChI=1S/C28H27ClN2O4/c1-17(2)16-35-23-11-8-21(13-18(23)3)26(32)24-25(20-6-9-22(29)10-7-20)31(28(34)27(24)33)15-19-5-4-12-30-14-19/h4-14,17,25,32H,15-16H2,1-3H3/b26-24-. The van der Waals surface area contributed by atoms with Crippen LogP contribution in [0.25, 0.3) is 5.76 Å². The van der Waals surface area contributed by atoms with Crippen molar-refractivity contribution in [1.82, 2.24) is 9.88 Å². The molecule has 1 atom stereocenters. The highest BCUT2D eigenvalue weighted by Crippen LogP contribution is 2.41. The van der Waals surface area contributed by atoms with Crippen molar-refractivity contribution in [2.24, 2.45) is 5.92 Å². The minimum Gasteiger partial charge on any atom is -0.507 e. The van der Waals surface area contributed by atoms with Gasteiger partial charge >= 0.3 is 0 Å². The second kappa shape index (κ2) is 10.3. The number of halogens is 1. The maximum absolute atomic E-state index is 13.2. The fourth-order valence-corrected chi connectivity index (χ4v) is 4.22. The number of hydrogen-bond donors (Lipinski definition) is 1. The van der Waals surface area contributed by atoms with Crippen LogP contribution in [0.3, 0.4) is 0 Å². The molecule has 35 heavy (non-hydrogen) atoms. The average Bonchev–Trinajstić information content (AvgIpc) is 3.09. The molecule has 1 aliphatic rings. The Hall–Kier alpha value is -3.64. The van der Waals surface area contributed by atoms with Gasteiger partial charge in [0, 0.05) is 29.5 Å². The smallest absolute Gasteiger partial charge is 0.295 e. The Kier molecular flexibility index (Phi) is 7.22. The van der Waals surface area contributed by atoms with Crippen LogP contribution in [0.1, 0.15) is 42.1 Å². The summed E-state index contributed by atoms with van der Waals surface area (Å²) in [5.74, 6) is -0.553. The molecule has 1 N–H and O–H groups in total. The Balaban J connectivity index is 1.78. The molecule has 7 heteroatoms. The number of Topliss-reactive ketones (excluding diaryl/α,β-unsaturated/α-hetero) is 1. The predicted octanol–water partition coefficient (Wildman–Crippen LogP) is 5.70. The number of rotatable bonds is 7. The van der Waals surface area contributed by atoms with E-state index in [9.17, 15) is 14.7 Å². The highest BCUT2D eigenvalue weighted by molar-refractivity contribution is 6.46. The van der Waals surface area contributed by atoms with Crippen molar-refractivity contribution in [2.75, 3.05) is 6.61 Å². The molecule has 0 bridgehead atoms. The SMILES string of the molecule is Cc1cc(/C(O)=C2/C(=O)C(=O)N(Cc3cccnc3)C2c2ccc(Cl)cc2)ccc1OCC(C)C. The quantitative estimate of drug-likeness (QED) is 0.261. The van der Waals surface area contributed by atoms with Gasteiger partial charge in [-0.05, 0) is 65.9 Å². The first-order valence-corrected chi connectivity index (χ1v) is 11.8. The Morgan fingerprint density at radius 2 is 1.89 bits per heavy atom. The third-order valence-electron chi connectivity index (χ3n) is 5.82. The number of ether oxygens (including phenoxy) is 1. The lowest BCUT2D eigenvalue weighted by atomic mass is 9.94. The molecule has 1 unspecified atom stereocenters. The highest BCUT2D eigenvalue weighted by atomic mass is 35.5. The number of aromatic nitrogens is 1. The van der Waals surface area contributed by atoms with Gasteiger partial charge in [-0.2, -0.15) is 0 Å². The molecule has 2 aromatic carbocycles. The third-order valence-corrected chi connectivity index (χ3v) is 6.07. The van der Waals surface area contributed by atoms with Crippen LogP contribution in [0.5, 0.6) is 5.75 Å². The zero-order valence-corrected chi connectivity index (χ0v) is 20.6. The van der Waals surface area contributed by atoms with Gasteiger partial charge in [0.1, 0.15) is 11.5 Å². The van der Waals surface area contributed by atoms with Crippen LogP contribution >= 0.6 is 11.6 Å². The number of aryl methyl sites for hydroxylation is 1. The largest absolute Gasteiger partial charge is 0.507 e. The van der Waals surface area contributed by atoms with Gasteiger partial charge in [0.25, 0.3) is 11.7 Å². The molecule has 1 aromatic heterocycles. The lowest BCUT2D eigenvalue weighted by Gasteiger charge is -2.25. The summed E-state index contributed by atoms with van der Waals surface area (Å²) in [7, 11) is 0. The summed E-state index contributed by atoms with van der Waals surface area (Å²) >= 11 is 6.09. The zero-order valence-electron chi connectivity index (χ0n) is 19.9. The minimum atomic E-state index is -0.773. The predicted molar refractivity (Wildman–Crippen MR) is 135 cm³/mol. The van der Waals surface area contributed by atoms with Crippen molar-refractivity contribution in [2.45, 2.75) is 33.4 Å². The number of aliphatic hydroxyl groups excluding tert-OH is 1. The molecule has 1 amide bonds. The summed E-state index contributed by atoms with van der Waals surface area (Å²) in [4.78, 5) is 31.9. The molecule has 0 saturated carbocycles. The number of ketones is 1. The van der Waals surface area contributed by atoms with Crippen molar-refractivity contribution in [3.63, 3.8) is 0 Å². The topological polar surface area (TPSA) is 79.7 Å². The maximum atomic E-state index is 13.2. The molecule has 1 aliphatic heterocycles. The van der Waals surface area contributed by atoms with E-state index in [4.69, 9.17) is 16.3 Å². The highest BCUT2D eigenvalue weighted by Gasteiger charge is 2.46. The van der Waals surface area contributed by atoms with Crippen molar-refractivity contribution in [1.29, 1.82) is 0 Å². The molecular formula is C28H27ClN2O4. The lowest BCUT2D eigenvalue weighted by Crippen LogP contribution is -2.29. The van der Waals surface area contributed by atoms with Gasteiger partial charge in [-0.25, -0.2) is 0 Å². The van der Waals surface area contributed by atoms with E-state index < -0.39 is 17.7 Å². The van der Waals surface area contributed by atoms with Crippen molar-refractivity contribution < 1.29 is 19.4 Å². The number of pyridine rings is 1. The second-order valence-electron chi connectivity index (χ2n) is 9.02. The first-order valence-electron chi connectivity index (χ1n) is 11.4. The van der Waals surface area contributed by atoms with Gasteiger partial charge in [-0.3, -0.25) is 14.6 Å². The molecular weight excluding hydrogens is 464 g/mol. The second-order valence-corrected chi connectivity index (χ2v) is 9.46. The Morgan fingerprint density at radius 3 is 2.51 bits per heavy atom. The molecule has 6 nitrogen and oxygen atoms in total. The third kappa shape index (κ3) is 5.23. The van der Waals surface area contributed by atoms with E-state index in [0.29, 0.717) is 34.4 Å². The van der Waals surface area contributed by atoms with E-state index in [1.807, 2.05) is 13.0 Å².